The van der Waals surface area contributed by atoms with E-state index in [0.717, 1.165) is 11.1 Å². The molecule has 0 bridgehead atoms. The van der Waals surface area contributed by atoms with E-state index in [9.17, 15) is 9.18 Å². The average Bonchev–Trinajstić information content (AvgIpc) is 2.80. The van der Waals surface area contributed by atoms with Crippen LogP contribution in [0.5, 0.6) is 0 Å². The van der Waals surface area contributed by atoms with Crippen molar-refractivity contribution >= 4 is 22.6 Å². The van der Waals surface area contributed by atoms with Gasteiger partial charge in [-0.05, 0) is 29.8 Å². The fourth-order valence-electron chi connectivity index (χ4n) is 2.29. The van der Waals surface area contributed by atoms with Gasteiger partial charge in [-0.15, -0.1) is 0 Å². The maximum atomic E-state index is 13.2. The smallest absolute Gasteiger partial charge is 0.250 e. The highest BCUT2D eigenvalue weighted by Crippen LogP contribution is 2.22. The number of aromatic nitrogens is 2. The minimum atomic E-state index is -0.590. The number of hydrogen-bond donors (Lipinski definition) is 2. The second-order valence-corrected chi connectivity index (χ2v) is 4.79. The molecule has 0 saturated carbocycles. The third kappa shape index (κ3) is 2.43. The molecule has 2 aromatic carbocycles. The number of hydrogen-bond acceptors (Lipinski definition) is 3. The van der Waals surface area contributed by atoms with Gasteiger partial charge in [-0.1, -0.05) is 12.1 Å². The Morgan fingerprint density at radius 3 is 2.81 bits per heavy atom. The highest BCUT2D eigenvalue weighted by Gasteiger charge is 2.11. The molecule has 0 spiro atoms. The minimum absolute atomic E-state index is 0.253. The second-order valence-electron chi connectivity index (χ2n) is 4.79. The van der Waals surface area contributed by atoms with Crippen LogP contribution in [-0.4, -0.2) is 15.5 Å². The molecule has 6 heteroatoms. The number of amides is 1. The molecule has 0 saturated heterocycles. The molecule has 0 aliphatic heterocycles. The van der Waals surface area contributed by atoms with Crippen molar-refractivity contribution in [2.45, 2.75) is 6.54 Å². The van der Waals surface area contributed by atoms with Crippen molar-refractivity contribution in [3.8, 4) is 0 Å². The third-order valence-electron chi connectivity index (χ3n) is 3.30. The molecule has 3 aromatic rings. The van der Waals surface area contributed by atoms with E-state index >= 15 is 0 Å². The van der Waals surface area contributed by atoms with Crippen LogP contribution in [0, 0.1) is 5.82 Å². The molecule has 4 N–H and O–H groups in total. The fourth-order valence-corrected chi connectivity index (χ4v) is 2.29. The van der Waals surface area contributed by atoms with Crippen molar-refractivity contribution < 1.29 is 9.18 Å². The molecule has 0 radical (unpaired) electrons. The molecule has 0 fully saturated rings. The zero-order valence-corrected chi connectivity index (χ0v) is 11.1. The summed E-state index contributed by atoms with van der Waals surface area (Å²) in [5.74, 6) is -0.883. The Bertz CT molecular complexity index is 841. The lowest BCUT2D eigenvalue weighted by molar-refractivity contribution is 0.100. The molecule has 0 atom stereocenters. The lowest BCUT2D eigenvalue weighted by Gasteiger charge is -2.07. The summed E-state index contributed by atoms with van der Waals surface area (Å²) in [6.07, 6.45) is 1.62. The Morgan fingerprint density at radius 1 is 1.29 bits per heavy atom. The van der Waals surface area contributed by atoms with Gasteiger partial charge in [0, 0.05) is 12.2 Å². The summed E-state index contributed by atoms with van der Waals surface area (Å²) < 4.78 is 15.0. The molecular weight excluding hydrogens is 271 g/mol. The molecule has 1 aromatic heterocycles. The first-order chi connectivity index (χ1) is 10.0. The molecule has 3 rings (SSSR count). The quantitative estimate of drug-likeness (QED) is 0.720. The molecule has 106 valence electrons. The van der Waals surface area contributed by atoms with E-state index in [4.69, 9.17) is 11.5 Å². The van der Waals surface area contributed by atoms with Crippen molar-refractivity contribution in [2.75, 3.05) is 5.73 Å². The maximum absolute atomic E-state index is 13.2. The van der Waals surface area contributed by atoms with Crippen molar-refractivity contribution in [3.63, 3.8) is 0 Å². The van der Waals surface area contributed by atoms with Gasteiger partial charge in [0.2, 0.25) is 0 Å². The number of nitrogens with zero attached hydrogens (tertiary/aromatic N) is 2. The molecule has 0 unspecified atom stereocenters. The molecule has 1 heterocycles. The molecule has 1 amide bonds. The Morgan fingerprint density at radius 2 is 2.10 bits per heavy atom. The normalized spacial score (nSPS) is 10.9. The van der Waals surface area contributed by atoms with Crippen LogP contribution in [0.4, 0.5) is 10.1 Å². The number of primary amides is 1. The summed E-state index contributed by atoms with van der Waals surface area (Å²) in [5.41, 5.74) is 13.8. The zero-order chi connectivity index (χ0) is 15.0. The number of halogens is 1. The number of anilines is 1. The molecule has 21 heavy (non-hydrogen) atoms. The summed E-state index contributed by atoms with van der Waals surface area (Å²) >= 11 is 0. The van der Waals surface area contributed by atoms with Crippen LogP contribution in [0.1, 0.15) is 15.9 Å². The topological polar surface area (TPSA) is 86.9 Å². The lowest BCUT2D eigenvalue weighted by Crippen LogP contribution is -2.13. The molecule has 0 aliphatic carbocycles. The van der Waals surface area contributed by atoms with Gasteiger partial charge in [0.15, 0.2) is 0 Å². The molecular formula is C15H13FN4O. The number of carbonyl (C=O) groups excluding carboxylic acids is 1. The first-order valence-electron chi connectivity index (χ1n) is 6.33. The van der Waals surface area contributed by atoms with E-state index < -0.39 is 5.91 Å². The monoisotopic (exact) mass is 284 g/mol. The SMILES string of the molecule is NC(=O)c1cc2c(cc1N)ncn2Cc1cccc(F)c1. The van der Waals surface area contributed by atoms with E-state index in [1.165, 1.54) is 12.1 Å². The Kier molecular flexibility index (Phi) is 3.06. The van der Waals surface area contributed by atoms with Crippen LogP contribution in [-0.2, 0) is 6.54 Å². The third-order valence-corrected chi connectivity index (χ3v) is 3.30. The number of carbonyl (C=O) groups is 1. The Labute approximate surface area is 120 Å². The van der Waals surface area contributed by atoms with Crippen molar-refractivity contribution in [3.05, 3.63) is 59.7 Å². The Hall–Kier alpha value is -2.89. The van der Waals surface area contributed by atoms with Crippen LogP contribution in [0.3, 0.4) is 0 Å². The molecule has 0 aliphatic rings. The van der Waals surface area contributed by atoms with E-state index in [0.29, 0.717) is 17.7 Å². The van der Waals surface area contributed by atoms with Gasteiger partial charge in [0.1, 0.15) is 5.82 Å². The zero-order valence-electron chi connectivity index (χ0n) is 11.1. The van der Waals surface area contributed by atoms with E-state index in [1.807, 2.05) is 10.6 Å². The Balaban J connectivity index is 2.07. The molecule has 5 nitrogen and oxygen atoms in total. The summed E-state index contributed by atoms with van der Waals surface area (Å²) in [7, 11) is 0. The number of fused-ring (bicyclic) bond motifs is 1. The fraction of sp³-hybridized carbons (Fsp3) is 0.0667. The largest absolute Gasteiger partial charge is 0.398 e. The number of imidazole rings is 1. The highest BCUT2D eigenvalue weighted by atomic mass is 19.1. The maximum Gasteiger partial charge on any atom is 0.250 e. The van der Waals surface area contributed by atoms with Crippen molar-refractivity contribution in [1.82, 2.24) is 9.55 Å². The van der Waals surface area contributed by atoms with Crippen molar-refractivity contribution in [1.29, 1.82) is 0 Å². The first kappa shape index (κ1) is 13.1. The highest BCUT2D eigenvalue weighted by molar-refractivity contribution is 6.01. The van der Waals surface area contributed by atoms with Crippen LogP contribution in [0.25, 0.3) is 11.0 Å². The summed E-state index contributed by atoms with van der Waals surface area (Å²) in [6, 6.07) is 9.54. The van der Waals surface area contributed by atoms with Gasteiger partial charge in [0.05, 0.1) is 22.9 Å². The van der Waals surface area contributed by atoms with Gasteiger partial charge >= 0.3 is 0 Å². The predicted octanol–water partition coefficient (Wildman–Crippen LogP) is 1.90. The average molecular weight is 284 g/mol. The van der Waals surface area contributed by atoms with Crippen LogP contribution < -0.4 is 11.5 Å². The predicted molar refractivity (Wildman–Crippen MR) is 78.2 cm³/mol. The summed E-state index contributed by atoms with van der Waals surface area (Å²) in [6.45, 7) is 0.441. The second kappa shape index (κ2) is 4.90. The van der Waals surface area contributed by atoms with E-state index in [2.05, 4.69) is 4.98 Å². The van der Waals surface area contributed by atoms with Gasteiger partial charge in [-0.3, -0.25) is 4.79 Å². The van der Waals surface area contributed by atoms with E-state index in [-0.39, 0.29) is 11.4 Å². The number of nitrogens with two attached hydrogens (primary N) is 2. The van der Waals surface area contributed by atoms with Gasteiger partial charge in [-0.2, -0.15) is 0 Å². The van der Waals surface area contributed by atoms with Crippen LogP contribution in [0.15, 0.2) is 42.7 Å². The van der Waals surface area contributed by atoms with Gasteiger partial charge < -0.3 is 16.0 Å². The summed E-state index contributed by atoms with van der Waals surface area (Å²) in [4.78, 5) is 15.6. The minimum Gasteiger partial charge on any atom is -0.398 e. The van der Waals surface area contributed by atoms with Crippen LogP contribution in [0.2, 0.25) is 0 Å². The standard InChI is InChI=1S/C15H13FN4O/c16-10-3-1-2-9(4-10)7-20-8-19-13-6-12(17)11(15(18)21)5-14(13)20/h1-6,8H,7,17H2,(H2,18,21). The number of benzene rings is 2. The number of nitrogen functional groups attached to an aromatic ring is 1. The van der Waals surface area contributed by atoms with Gasteiger partial charge in [-0.25, -0.2) is 9.37 Å². The van der Waals surface area contributed by atoms with E-state index in [1.54, 1.807) is 24.5 Å². The van der Waals surface area contributed by atoms with Gasteiger partial charge in [0.25, 0.3) is 5.91 Å². The first-order valence-corrected chi connectivity index (χ1v) is 6.33. The summed E-state index contributed by atoms with van der Waals surface area (Å²) in [5, 5.41) is 0. The lowest BCUT2D eigenvalue weighted by atomic mass is 10.1. The number of rotatable bonds is 3. The van der Waals surface area contributed by atoms with Crippen LogP contribution >= 0.6 is 0 Å². The van der Waals surface area contributed by atoms with Crippen molar-refractivity contribution in [2.24, 2.45) is 5.73 Å².